The van der Waals surface area contributed by atoms with E-state index in [2.05, 4.69) is 37.8 Å². The number of rotatable bonds is 3. The van der Waals surface area contributed by atoms with E-state index in [1.807, 2.05) is 6.07 Å². The molecule has 0 radical (unpaired) electrons. The van der Waals surface area contributed by atoms with E-state index in [9.17, 15) is 5.11 Å². The van der Waals surface area contributed by atoms with E-state index in [1.165, 1.54) is 17.5 Å². The first-order valence-electron chi connectivity index (χ1n) is 6.54. The zero-order chi connectivity index (χ0) is 12.4. The number of benzene rings is 1. The highest BCUT2D eigenvalue weighted by Gasteiger charge is 2.21. The maximum absolute atomic E-state index is 10.2. The second-order valence-electron chi connectivity index (χ2n) is 5.51. The van der Waals surface area contributed by atoms with Crippen molar-refractivity contribution < 1.29 is 5.11 Å². The van der Waals surface area contributed by atoms with Gasteiger partial charge in [0.05, 0.1) is 6.10 Å². The van der Waals surface area contributed by atoms with E-state index >= 15 is 0 Å². The Morgan fingerprint density at radius 2 is 2.12 bits per heavy atom. The van der Waals surface area contributed by atoms with Crippen LogP contribution < -0.4 is 0 Å². The number of hydrogen-bond donors (Lipinski definition) is 1. The van der Waals surface area contributed by atoms with Gasteiger partial charge in [-0.05, 0) is 49.4 Å². The molecule has 1 aliphatic rings. The highest BCUT2D eigenvalue weighted by Crippen LogP contribution is 2.21. The Labute approximate surface area is 104 Å². The van der Waals surface area contributed by atoms with Crippen LogP contribution in [0.15, 0.2) is 18.2 Å². The van der Waals surface area contributed by atoms with Gasteiger partial charge >= 0.3 is 0 Å². The summed E-state index contributed by atoms with van der Waals surface area (Å²) in [4.78, 5) is 2.37. The third-order valence-electron chi connectivity index (χ3n) is 3.85. The van der Waals surface area contributed by atoms with Gasteiger partial charge in [-0.15, -0.1) is 0 Å². The fraction of sp³-hybridized carbons (Fsp3) is 0.600. The molecule has 1 aromatic rings. The minimum absolute atomic E-state index is 0.348. The van der Waals surface area contributed by atoms with Gasteiger partial charge in [0.2, 0.25) is 0 Å². The zero-order valence-corrected chi connectivity index (χ0v) is 11.1. The molecule has 1 N–H and O–H groups in total. The molecule has 2 atom stereocenters. The Kier molecular flexibility index (Phi) is 3.85. The fourth-order valence-corrected chi connectivity index (χ4v) is 2.51. The zero-order valence-electron chi connectivity index (χ0n) is 11.1. The Balaban J connectivity index is 1.99. The van der Waals surface area contributed by atoms with Crippen molar-refractivity contribution in [1.82, 2.24) is 4.90 Å². The molecule has 94 valence electrons. The Morgan fingerprint density at radius 3 is 2.71 bits per heavy atom. The average Bonchev–Trinajstić information content (AvgIpc) is 2.68. The first-order valence-corrected chi connectivity index (χ1v) is 6.54. The normalized spacial score (nSPS) is 22.9. The second kappa shape index (κ2) is 5.19. The number of aliphatic hydroxyl groups excluding tert-OH is 1. The summed E-state index contributed by atoms with van der Waals surface area (Å²) in [5, 5.41) is 10.2. The van der Waals surface area contributed by atoms with Gasteiger partial charge in [-0.1, -0.05) is 25.1 Å². The topological polar surface area (TPSA) is 23.5 Å². The maximum atomic E-state index is 10.2. The van der Waals surface area contributed by atoms with Crippen molar-refractivity contribution >= 4 is 0 Å². The summed E-state index contributed by atoms with van der Waals surface area (Å²) >= 11 is 0. The predicted molar refractivity (Wildman–Crippen MR) is 71.1 cm³/mol. The first-order chi connectivity index (χ1) is 8.06. The lowest BCUT2D eigenvalue weighted by Crippen LogP contribution is -2.26. The molecule has 1 aliphatic heterocycles. The third kappa shape index (κ3) is 3.08. The van der Waals surface area contributed by atoms with Crippen molar-refractivity contribution in [2.75, 3.05) is 19.6 Å². The minimum Gasteiger partial charge on any atom is -0.387 e. The molecule has 0 aliphatic carbocycles. The molecule has 1 aromatic carbocycles. The summed E-state index contributed by atoms with van der Waals surface area (Å²) in [6.45, 7) is 9.51. The summed E-state index contributed by atoms with van der Waals surface area (Å²) in [5.74, 6) is 0.780. The molecule has 0 bridgehead atoms. The van der Waals surface area contributed by atoms with E-state index in [4.69, 9.17) is 0 Å². The third-order valence-corrected chi connectivity index (χ3v) is 3.85. The van der Waals surface area contributed by atoms with Crippen LogP contribution in [0.25, 0.3) is 0 Å². The van der Waals surface area contributed by atoms with Crippen LogP contribution in [0, 0.1) is 19.8 Å². The molecule has 2 nitrogen and oxygen atoms in total. The van der Waals surface area contributed by atoms with Crippen molar-refractivity contribution in [2.24, 2.45) is 5.92 Å². The maximum Gasteiger partial charge on any atom is 0.0917 e. The summed E-state index contributed by atoms with van der Waals surface area (Å²) in [7, 11) is 0. The molecule has 1 saturated heterocycles. The average molecular weight is 233 g/mol. The molecule has 17 heavy (non-hydrogen) atoms. The van der Waals surface area contributed by atoms with E-state index in [0.717, 1.165) is 31.1 Å². The van der Waals surface area contributed by atoms with Gasteiger partial charge in [0, 0.05) is 13.1 Å². The molecule has 0 spiro atoms. The summed E-state index contributed by atoms with van der Waals surface area (Å²) < 4.78 is 0. The van der Waals surface area contributed by atoms with E-state index in [1.54, 1.807) is 0 Å². The molecule has 0 saturated carbocycles. The van der Waals surface area contributed by atoms with Crippen LogP contribution >= 0.6 is 0 Å². The number of aryl methyl sites for hydroxylation is 2. The monoisotopic (exact) mass is 233 g/mol. The molecular weight excluding hydrogens is 210 g/mol. The first kappa shape index (κ1) is 12.6. The van der Waals surface area contributed by atoms with Crippen LogP contribution in [-0.2, 0) is 0 Å². The van der Waals surface area contributed by atoms with Crippen molar-refractivity contribution in [3.8, 4) is 0 Å². The summed E-state index contributed by atoms with van der Waals surface area (Å²) in [6, 6.07) is 6.26. The minimum atomic E-state index is -0.348. The smallest absolute Gasteiger partial charge is 0.0917 e. The lowest BCUT2D eigenvalue weighted by molar-refractivity contribution is 0.124. The van der Waals surface area contributed by atoms with Gasteiger partial charge in [-0.3, -0.25) is 0 Å². The predicted octanol–water partition coefficient (Wildman–Crippen LogP) is 2.68. The standard InChI is InChI=1S/C15H23NO/c1-11-6-7-16(9-11)10-15(17)14-5-4-12(2)13(3)8-14/h4-5,8,11,15,17H,6-7,9-10H2,1-3H3. The van der Waals surface area contributed by atoms with E-state index in [-0.39, 0.29) is 6.10 Å². The van der Waals surface area contributed by atoms with Crippen molar-refractivity contribution in [3.05, 3.63) is 34.9 Å². The molecule has 0 aromatic heterocycles. The van der Waals surface area contributed by atoms with Gasteiger partial charge in [0.15, 0.2) is 0 Å². The Morgan fingerprint density at radius 1 is 1.35 bits per heavy atom. The van der Waals surface area contributed by atoms with Gasteiger partial charge in [-0.2, -0.15) is 0 Å². The van der Waals surface area contributed by atoms with Crippen LogP contribution in [0.4, 0.5) is 0 Å². The summed E-state index contributed by atoms with van der Waals surface area (Å²) in [5.41, 5.74) is 3.60. The quantitative estimate of drug-likeness (QED) is 0.867. The fourth-order valence-electron chi connectivity index (χ4n) is 2.51. The molecular formula is C15H23NO. The molecule has 1 heterocycles. The molecule has 2 unspecified atom stereocenters. The SMILES string of the molecule is Cc1ccc(C(O)CN2CCC(C)C2)cc1C. The largest absolute Gasteiger partial charge is 0.387 e. The van der Waals surface area contributed by atoms with Crippen LogP contribution in [0.2, 0.25) is 0 Å². The number of aliphatic hydroxyl groups is 1. The van der Waals surface area contributed by atoms with Gasteiger partial charge < -0.3 is 10.0 Å². The van der Waals surface area contributed by atoms with Crippen LogP contribution in [0.1, 0.15) is 36.1 Å². The molecule has 0 amide bonds. The number of β-amino-alcohol motifs (C(OH)–C–C–N with tert-alkyl or cyclic N) is 1. The van der Waals surface area contributed by atoms with Crippen molar-refractivity contribution in [2.45, 2.75) is 33.3 Å². The highest BCUT2D eigenvalue weighted by molar-refractivity contribution is 5.31. The van der Waals surface area contributed by atoms with Crippen LogP contribution in [0.5, 0.6) is 0 Å². The Hall–Kier alpha value is -0.860. The van der Waals surface area contributed by atoms with E-state index in [0.29, 0.717) is 0 Å². The Bertz CT molecular complexity index is 389. The van der Waals surface area contributed by atoms with Gasteiger partial charge in [-0.25, -0.2) is 0 Å². The van der Waals surface area contributed by atoms with Crippen LogP contribution in [-0.4, -0.2) is 29.6 Å². The lowest BCUT2D eigenvalue weighted by atomic mass is 10.0. The molecule has 2 rings (SSSR count). The number of likely N-dealkylation sites (tertiary alicyclic amines) is 1. The second-order valence-corrected chi connectivity index (χ2v) is 5.51. The molecule has 1 fully saturated rings. The van der Waals surface area contributed by atoms with Gasteiger partial charge in [0.1, 0.15) is 0 Å². The van der Waals surface area contributed by atoms with Gasteiger partial charge in [0.25, 0.3) is 0 Å². The lowest BCUT2D eigenvalue weighted by Gasteiger charge is -2.20. The number of hydrogen-bond acceptors (Lipinski definition) is 2. The summed E-state index contributed by atoms with van der Waals surface area (Å²) in [6.07, 6.45) is 0.916. The van der Waals surface area contributed by atoms with Crippen molar-refractivity contribution in [1.29, 1.82) is 0 Å². The number of nitrogens with zero attached hydrogens (tertiary/aromatic N) is 1. The highest BCUT2D eigenvalue weighted by atomic mass is 16.3. The molecule has 2 heteroatoms. The van der Waals surface area contributed by atoms with Crippen LogP contribution in [0.3, 0.4) is 0 Å². The van der Waals surface area contributed by atoms with Crippen molar-refractivity contribution in [3.63, 3.8) is 0 Å². The van der Waals surface area contributed by atoms with E-state index < -0.39 is 0 Å².